The average Bonchev–Trinajstić information content (AvgIpc) is 2.68. The van der Waals surface area contributed by atoms with Crippen molar-refractivity contribution in [3.63, 3.8) is 0 Å². The summed E-state index contributed by atoms with van der Waals surface area (Å²) in [4.78, 5) is 20.6. The summed E-state index contributed by atoms with van der Waals surface area (Å²) in [6.07, 6.45) is 3.71. The molecule has 0 saturated carbocycles. The minimum Gasteiger partial charge on any atom is -0.324 e. The topological polar surface area (TPSA) is 36.4 Å². The van der Waals surface area contributed by atoms with Crippen molar-refractivity contribution in [3.8, 4) is 11.8 Å². The summed E-state index contributed by atoms with van der Waals surface area (Å²) in [6.45, 7) is 3.42. The van der Waals surface area contributed by atoms with Gasteiger partial charge < -0.3 is 4.90 Å². The van der Waals surface area contributed by atoms with Crippen molar-refractivity contribution in [2.45, 2.75) is 19.8 Å². The molecule has 3 rings (SSSR count). The zero-order valence-electron chi connectivity index (χ0n) is 15.3. The van der Waals surface area contributed by atoms with Crippen LogP contribution in [0, 0.1) is 18.8 Å². The number of aromatic nitrogens is 1. The fourth-order valence-corrected chi connectivity index (χ4v) is 2.93. The molecule has 4 nitrogen and oxygen atoms in total. The van der Waals surface area contributed by atoms with Crippen molar-refractivity contribution in [1.82, 2.24) is 9.88 Å². The van der Waals surface area contributed by atoms with Gasteiger partial charge in [-0.3, -0.25) is 4.90 Å². The van der Waals surface area contributed by atoms with E-state index in [0.29, 0.717) is 0 Å². The molecule has 132 valence electrons. The predicted octanol–water partition coefficient (Wildman–Crippen LogP) is 4.02. The van der Waals surface area contributed by atoms with Crippen LogP contribution in [0.5, 0.6) is 0 Å². The Morgan fingerprint density at radius 2 is 1.85 bits per heavy atom. The summed E-state index contributed by atoms with van der Waals surface area (Å²) in [5, 5.41) is 0. The lowest BCUT2D eigenvalue weighted by Crippen LogP contribution is -2.44. The first-order chi connectivity index (χ1) is 12.6. The van der Waals surface area contributed by atoms with E-state index >= 15 is 0 Å². The lowest BCUT2D eigenvalue weighted by Gasteiger charge is -2.32. The SMILES string of the molecule is Cc1cccc(C#CC=C2CCN(C(=O)N(C)c3ccccc3)CC2)n1. The third-order valence-electron chi connectivity index (χ3n) is 4.47. The largest absolute Gasteiger partial charge is 0.324 e. The smallest absolute Gasteiger partial charge is 0.324 e. The first kappa shape index (κ1) is 17.8. The lowest BCUT2D eigenvalue weighted by molar-refractivity contribution is 0.202. The molecule has 0 spiro atoms. The molecule has 1 aromatic carbocycles. The Hall–Kier alpha value is -3.06. The van der Waals surface area contributed by atoms with Crippen molar-refractivity contribution in [1.29, 1.82) is 0 Å². The second-order valence-electron chi connectivity index (χ2n) is 6.40. The molecule has 1 aromatic heterocycles. The number of amides is 2. The summed E-state index contributed by atoms with van der Waals surface area (Å²) in [5.74, 6) is 6.18. The van der Waals surface area contributed by atoms with Crippen LogP contribution < -0.4 is 4.90 Å². The zero-order valence-corrected chi connectivity index (χ0v) is 15.3. The predicted molar refractivity (Wildman–Crippen MR) is 105 cm³/mol. The number of allylic oxidation sites excluding steroid dienone is 1. The Morgan fingerprint density at radius 3 is 2.54 bits per heavy atom. The van der Waals surface area contributed by atoms with E-state index in [1.807, 2.05) is 73.5 Å². The van der Waals surface area contributed by atoms with Gasteiger partial charge in [0.05, 0.1) is 0 Å². The second-order valence-corrected chi connectivity index (χ2v) is 6.40. The Bertz CT molecular complexity index is 852. The highest BCUT2D eigenvalue weighted by Crippen LogP contribution is 2.19. The molecule has 1 fully saturated rings. The number of likely N-dealkylation sites (tertiary alicyclic amines) is 1. The minimum absolute atomic E-state index is 0.0466. The molecular weight excluding hydrogens is 322 g/mol. The van der Waals surface area contributed by atoms with Crippen LogP contribution >= 0.6 is 0 Å². The summed E-state index contributed by atoms with van der Waals surface area (Å²) >= 11 is 0. The molecule has 0 N–H and O–H groups in total. The standard InChI is InChI=1S/C22H23N3O/c1-18-8-6-10-20(23-18)11-7-9-19-14-16-25(17-15-19)22(26)24(2)21-12-4-3-5-13-21/h3-6,8-10,12-13H,14-17H2,1-2H3. The van der Waals surface area contributed by atoms with Crippen molar-refractivity contribution >= 4 is 11.7 Å². The number of hydrogen-bond donors (Lipinski definition) is 0. The number of rotatable bonds is 1. The maximum atomic E-state index is 12.6. The molecule has 2 heterocycles. The Balaban J connectivity index is 1.56. The number of aryl methyl sites for hydroxylation is 1. The third kappa shape index (κ3) is 4.52. The van der Waals surface area contributed by atoms with E-state index in [2.05, 4.69) is 16.8 Å². The minimum atomic E-state index is 0.0466. The number of piperidine rings is 1. The maximum absolute atomic E-state index is 12.6. The fraction of sp³-hybridized carbons (Fsp3) is 0.273. The highest BCUT2D eigenvalue weighted by atomic mass is 16.2. The van der Waals surface area contributed by atoms with Gasteiger partial charge in [-0.05, 0) is 56.0 Å². The molecule has 4 heteroatoms. The van der Waals surface area contributed by atoms with Gasteiger partial charge in [-0.1, -0.05) is 35.8 Å². The number of para-hydroxylation sites is 1. The van der Waals surface area contributed by atoms with Crippen LogP contribution in [0.25, 0.3) is 0 Å². The number of benzene rings is 1. The molecule has 0 unspecified atom stereocenters. The van der Waals surface area contributed by atoms with Gasteiger partial charge in [0.25, 0.3) is 0 Å². The van der Waals surface area contributed by atoms with Crippen molar-refractivity contribution < 1.29 is 4.79 Å². The van der Waals surface area contributed by atoms with E-state index in [1.54, 1.807) is 4.90 Å². The van der Waals surface area contributed by atoms with Crippen molar-refractivity contribution in [2.75, 3.05) is 25.0 Å². The van der Waals surface area contributed by atoms with Gasteiger partial charge in [0.15, 0.2) is 0 Å². The van der Waals surface area contributed by atoms with Crippen LogP contribution in [0.4, 0.5) is 10.5 Å². The van der Waals surface area contributed by atoms with Crippen molar-refractivity contribution in [3.05, 3.63) is 71.6 Å². The monoisotopic (exact) mass is 345 g/mol. The molecule has 1 aliphatic heterocycles. The van der Waals surface area contributed by atoms with Gasteiger partial charge >= 0.3 is 6.03 Å². The number of urea groups is 1. The van der Waals surface area contributed by atoms with Crippen LogP contribution in [-0.4, -0.2) is 36.1 Å². The highest BCUT2D eigenvalue weighted by molar-refractivity contribution is 5.91. The normalized spacial score (nSPS) is 13.6. The Morgan fingerprint density at radius 1 is 1.12 bits per heavy atom. The first-order valence-corrected chi connectivity index (χ1v) is 8.84. The van der Waals surface area contributed by atoms with Crippen LogP contribution in [0.2, 0.25) is 0 Å². The molecule has 26 heavy (non-hydrogen) atoms. The fourth-order valence-electron chi connectivity index (χ4n) is 2.93. The molecule has 0 atom stereocenters. The number of carbonyl (C=O) groups is 1. The van der Waals surface area contributed by atoms with E-state index in [4.69, 9.17) is 0 Å². The van der Waals surface area contributed by atoms with E-state index in [0.717, 1.165) is 43.0 Å². The third-order valence-corrected chi connectivity index (χ3v) is 4.47. The number of hydrogen-bond acceptors (Lipinski definition) is 2. The zero-order chi connectivity index (χ0) is 18.4. The van der Waals surface area contributed by atoms with Gasteiger partial charge in [-0.15, -0.1) is 0 Å². The molecule has 2 aromatic rings. The Kier molecular flexibility index (Phi) is 5.70. The van der Waals surface area contributed by atoms with E-state index < -0.39 is 0 Å². The molecule has 0 radical (unpaired) electrons. The van der Waals surface area contributed by atoms with Gasteiger partial charge in [-0.2, -0.15) is 0 Å². The van der Waals surface area contributed by atoms with Gasteiger partial charge in [-0.25, -0.2) is 9.78 Å². The van der Waals surface area contributed by atoms with Gasteiger partial charge in [0.1, 0.15) is 5.69 Å². The van der Waals surface area contributed by atoms with Crippen molar-refractivity contribution in [2.24, 2.45) is 0 Å². The van der Waals surface area contributed by atoms with Gasteiger partial charge in [0, 0.05) is 31.5 Å². The molecule has 0 bridgehead atoms. The van der Waals surface area contributed by atoms with Crippen LogP contribution in [0.15, 0.2) is 60.2 Å². The quantitative estimate of drug-likeness (QED) is 0.732. The van der Waals surface area contributed by atoms with Crippen LogP contribution in [0.1, 0.15) is 24.2 Å². The summed E-state index contributed by atoms with van der Waals surface area (Å²) < 4.78 is 0. The first-order valence-electron chi connectivity index (χ1n) is 8.84. The molecular formula is C22H23N3O. The van der Waals surface area contributed by atoms with E-state index in [1.165, 1.54) is 5.57 Å². The van der Waals surface area contributed by atoms with E-state index in [9.17, 15) is 4.79 Å². The number of carbonyl (C=O) groups excluding carboxylic acids is 1. The number of anilines is 1. The Labute approximate surface area is 155 Å². The second kappa shape index (κ2) is 8.35. The number of pyridine rings is 1. The summed E-state index contributed by atoms with van der Waals surface area (Å²) in [7, 11) is 1.82. The average molecular weight is 345 g/mol. The van der Waals surface area contributed by atoms with Gasteiger partial charge in [0.2, 0.25) is 0 Å². The lowest BCUT2D eigenvalue weighted by atomic mass is 10.0. The highest BCUT2D eigenvalue weighted by Gasteiger charge is 2.22. The van der Waals surface area contributed by atoms with E-state index in [-0.39, 0.29) is 6.03 Å². The molecule has 1 aliphatic rings. The molecule has 2 amide bonds. The molecule has 1 saturated heterocycles. The molecule has 0 aliphatic carbocycles. The maximum Gasteiger partial charge on any atom is 0.324 e. The van der Waals surface area contributed by atoms with Crippen LogP contribution in [0.3, 0.4) is 0 Å². The summed E-state index contributed by atoms with van der Waals surface area (Å²) in [5.41, 5.74) is 3.96. The summed E-state index contributed by atoms with van der Waals surface area (Å²) in [6, 6.07) is 15.6. The van der Waals surface area contributed by atoms with Crippen LogP contribution in [-0.2, 0) is 0 Å². The number of nitrogens with zero attached hydrogens (tertiary/aromatic N) is 3.